The van der Waals surface area contributed by atoms with Gasteiger partial charge in [0, 0.05) is 6.04 Å². The van der Waals surface area contributed by atoms with Crippen molar-refractivity contribution < 1.29 is 8.78 Å². The molecule has 1 aromatic rings. The molecule has 1 aliphatic carbocycles. The number of nitrogens with one attached hydrogen (secondary N) is 1. The molecule has 1 saturated carbocycles. The van der Waals surface area contributed by atoms with Crippen molar-refractivity contribution in [2.24, 2.45) is 23.6 Å². The molecule has 0 radical (unpaired) electrons. The van der Waals surface area contributed by atoms with Gasteiger partial charge >= 0.3 is 0 Å². The molecule has 0 heterocycles. The minimum absolute atomic E-state index is 0.0989. The van der Waals surface area contributed by atoms with Gasteiger partial charge in [-0.25, -0.2) is 8.78 Å². The fraction of sp³-hybridized carbons (Fsp3) is 0.625. The van der Waals surface area contributed by atoms with Gasteiger partial charge in [-0.2, -0.15) is 0 Å². The van der Waals surface area contributed by atoms with Gasteiger partial charge in [0.25, 0.3) is 0 Å². The number of halogens is 2. The third-order valence-electron chi connectivity index (χ3n) is 4.71. The van der Waals surface area contributed by atoms with Crippen molar-refractivity contribution >= 4 is 0 Å². The van der Waals surface area contributed by atoms with E-state index in [1.165, 1.54) is 25.0 Å². The predicted octanol–water partition coefficient (Wildman–Crippen LogP) is 3.93. The summed E-state index contributed by atoms with van der Waals surface area (Å²) in [4.78, 5) is 0. The summed E-state index contributed by atoms with van der Waals surface area (Å²) < 4.78 is 26.4. The van der Waals surface area contributed by atoms with Crippen LogP contribution < -0.4 is 11.3 Å². The molecule has 2 rings (SSSR count). The Hall–Kier alpha value is -1.00. The zero-order chi connectivity index (χ0) is 14.7. The van der Waals surface area contributed by atoms with Crippen molar-refractivity contribution in [2.75, 3.05) is 0 Å². The molecule has 0 saturated heterocycles. The Kier molecular flexibility index (Phi) is 5.11. The molecule has 112 valence electrons. The number of nitrogens with two attached hydrogens (primary N) is 1. The summed E-state index contributed by atoms with van der Waals surface area (Å²) in [6.07, 6.45) is 4.53. The van der Waals surface area contributed by atoms with Crippen LogP contribution in [0.2, 0.25) is 0 Å². The van der Waals surface area contributed by atoms with E-state index < -0.39 is 11.6 Å². The van der Waals surface area contributed by atoms with Gasteiger partial charge in [0.1, 0.15) is 0 Å². The predicted molar refractivity (Wildman–Crippen MR) is 76.7 cm³/mol. The molecule has 1 aromatic carbocycles. The lowest BCUT2D eigenvalue weighted by atomic mass is 9.73. The van der Waals surface area contributed by atoms with Crippen molar-refractivity contribution in [1.82, 2.24) is 5.43 Å². The van der Waals surface area contributed by atoms with Gasteiger partial charge in [-0.1, -0.05) is 19.9 Å². The van der Waals surface area contributed by atoms with Crippen LogP contribution in [-0.4, -0.2) is 0 Å². The van der Waals surface area contributed by atoms with Crippen molar-refractivity contribution in [1.29, 1.82) is 0 Å². The van der Waals surface area contributed by atoms with Crippen LogP contribution in [0.5, 0.6) is 0 Å². The minimum Gasteiger partial charge on any atom is -0.271 e. The molecule has 0 aliphatic heterocycles. The van der Waals surface area contributed by atoms with Crippen molar-refractivity contribution in [3.63, 3.8) is 0 Å². The maximum Gasteiger partial charge on any atom is 0.159 e. The molecule has 0 bridgehead atoms. The average molecular weight is 282 g/mol. The van der Waals surface area contributed by atoms with Crippen LogP contribution in [0.15, 0.2) is 18.2 Å². The van der Waals surface area contributed by atoms with E-state index in [9.17, 15) is 8.78 Å². The molecule has 20 heavy (non-hydrogen) atoms. The van der Waals surface area contributed by atoms with Crippen molar-refractivity contribution in [2.45, 2.75) is 45.6 Å². The first kappa shape index (κ1) is 15.4. The van der Waals surface area contributed by atoms with Gasteiger partial charge in [-0.3, -0.25) is 11.3 Å². The van der Waals surface area contributed by atoms with Gasteiger partial charge in [0.05, 0.1) is 0 Å². The first-order valence-corrected chi connectivity index (χ1v) is 7.44. The third-order valence-corrected chi connectivity index (χ3v) is 4.71. The van der Waals surface area contributed by atoms with Gasteiger partial charge in [0.2, 0.25) is 0 Å². The SMILES string of the molecule is CC(C)C1CCC(C(NN)c2ccc(F)c(F)c2)CC1. The zero-order valence-corrected chi connectivity index (χ0v) is 12.2. The Morgan fingerprint density at radius 3 is 2.15 bits per heavy atom. The molecule has 0 amide bonds. The lowest BCUT2D eigenvalue weighted by Crippen LogP contribution is -2.36. The third kappa shape index (κ3) is 3.36. The fourth-order valence-electron chi connectivity index (χ4n) is 3.36. The van der Waals surface area contributed by atoms with Crippen LogP contribution in [0.4, 0.5) is 8.78 Å². The monoisotopic (exact) mass is 282 g/mol. The summed E-state index contributed by atoms with van der Waals surface area (Å²) in [5.41, 5.74) is 3.53. The lowest BCUT2D eigenvalue weighted by Gasteiger charge is -2.35. The average Bonchev–Trinajstić information content (AvgIpc) is 2.44. The molecule has 4 heteroatoms. The highest BCUT2D eigenvalue weighted by Crippen LogP contribution is 2.39. The molecular formula is C16H24F2N2. The molecule has 2 nitrogen and oxygen atoms in total. The van der Waals surface area contributed by atoms with E-state index in [0.717, 1.165) is 24.3 Å². The molecular weight excluding hydrogens is 258 g/mol. The minimum atomic E-state index is -0.812. The number of hydrogen-bond donors (Lipinski definition) is 2. The van der Waals surface area contributed by atoms with Crippen LogP contribution in [0.25, 0.3) is 0 Å². The van der Waals surface area contributed by atoms with E-state index in [4.69, 9.17) is 5.84 Å². The Morgan fingerprint density at radius 1 is 1.05 bits per heavy atom. The largest absolute Gasteiger partial charge is 0.271 e. The highest BCUT2D eigenvalue weighted by molar-refractivity contribution is 5.22. The van der Waals surface area contributed by atoms with Gasteiger partial charge in [-0.05, 0) is 61.1 Å². The maximum atomic E-state index is 13.4. The van der Waals surface area contributed by atoms with Crippen molar-refractivity contribution in [3.05, 3.63) is 35.4 Å². The summed E-state index contributed by atoms with van der Waals surface area (Å²) in [6, 6.07) is 3.96. The topological polar surface area (TPSA) is 38.0 Å². The number of rotatable bonds is 4. The fourth-order valence-corrected chi connectivity index (χ4v) is 3.36. The summed E-state index contributed by atoms with van der Waals surface area (Å²) in [7, 11) is 0. The van der Waals surface area contributed by atoms with Gasteiger partial charge in [0.15, 0.2) is 11.6 Å². The van der Waals surface area contributed by atoms with Crippen LogP contribution >= 0.6 is 0 Å². The first-order chi connectivity index (χ1) is 9.52. The second kappa shape index (κ2) is 6.64. The molecule has 0 spiro atoms. The first-order valence-electron chi connectivity index (χ1n) is 7.44. The maximum absolute atomic E-state index is 13.4. The van der Waals surface area contributed by atoms with Crippen LogP contribution in [0, 0.1) is 29.4 Å². The second-order valence-electron chi connectivity index (χ2n) is 6.24. The Morgan fingerprint density at radius 2 is 1.65 bits per heavy atom. The number of benzene rings is 1. The quantitative estimate of drug-likeness (QED) is 0.648. The highest BCUT2D eigenvalue weighted by atomic mass is 19.2. The smallest absolute Gasteiger partial charge is 0.159 e. The Labute approximate surface area is 119 Å². The van der Waals surface area contributed by atoms with Crippen molar-refractivity contribution in [3.8, 4) is 0 Å². The van der Waals surface area contributed by atoms with Crippen LogP contribution in [-0.2, 0) is 0 Å². The molecule has 3 N–H and O–H groups in total. The van der Waals surface area contributed by atoms with E-state index in [2.05, 4.69) is 19.3 Å². The molecule has 1 unspecified atom stereocenters. The van der Waals surface area contributed by atoms with Crippen LogP contribution in [0.3, 0.4) is 0 Å². The number of hydrazine groups is 1. The van der Waals surface area contributed by atoms with Crippen LogP contribution in [0.1, 0.15) is 51.1 Å². The van der Waals surface area contributed by atoms with E-state index in [-0.39, 0.29) is 6.04 Å². The Bertz CT molecular complexity index is 440. The highest BCUT2D eigenvalue weighted by Gasteiger charge is 2.29. The molecule has 1 aliphatic rings. The molecule has 0 aromatic heterocycles. The van der Waals surface area contributed by atoms with E-state index >= 15 is 0 Å². The summed E-state index contributed by atoms with van der Waals surface area (Å²) in [5, 5.41) is 0. The normalized spacial score (nSPS) is 24.9. The molecule has 1 atom stereocenters. The van der Waals surface area contributed by atoms with Gasteiger partial charge in [-0.15, -0.1) is 0 Å². The molecule has 1 fully saturated rings. The van der Waals surface area contributed by atoms with E-state index in [1.54, 1.807) is 6.07 Å². The van der Waals surface area contributed by atoms with E-state index in [0.29, 0.717) is 11.8 Å². The summed E-state index contributed by atoms with van der Waals surface area (Å²) in [6.45, 7) is 4.53. The second-order valence-corrected chi connectivity index (χ2v) is 6.24. The standard InChI is InChI=1S/C16H24F2N2/c1-10(2)11-3-5-12(6-4-11)16(20-19)13-7-8-14(17)15(18)9-13/h7-12,16,20H,3-6,19H2,1-2H3. The zero-order valence-electron chi connectivity index (χ0n) is 12.2. The number of hydrogen-bond acceptors (Lipinski definition) is 2. The lowest BCUT2D eigenvalue weighted by molar-refractivity contribution is 0.189. The van der Waals surface area contributed by atoms with E-state index in [1.807, 2.05) is 0 Å². The summed E-state index contributed by atoms with van der Waals surface area (Å²) in [5.74, 6) is 5.91. The summed E-state index contributed by atoms with van der Waals surface area (Å²) >= 11 is 0. The van der Waals surface area contributed by atoms with Gasteiger partial charge < -0.3 is 0 Å². The Balaban J connectivity index is 2.07.